The SMILES string of the molecule is COc1ccccc1CCNC(=O)c1ccc(CN(CCC(C)C)Cc2ccc(C)s2)cc1. The number of methoxy groups -OCH3 is 1. The first-order valence-electron chi connectivity index (χ1n) is 11.7. The first-order valence-corrected chi connectivity index (χ1v) is 12.5. The number of para-hydroxylation sites is 1. The van der Waals surface area contributed by atoms with Gasteiger partial charge in [0.25, 0.3) is 5.91 Å². The number of aryl methyl sites for hydroxylation is 1. The van der Waals surface area contributed by atoms with Crippen molar-refractivity contribution in [2.24, 2.45) is 5.92 Å². The van der Waals surface area contributed by atoms with E-state index in [2.05, 4.69) is 55.3 Å². The van der Waals surface area contributed by atoms with Crippen LogP contribution in [0.4, 0.5) is 0 Å². The van der Waals surface area contributed by atoms with Crippen LogP contribution in [0.5, 0.6) is 5.75 Å². The molecule has 3 rings (SSSR count). The normalized spacial score (nSPS) is 11.2. The molecular formula is C28H36N2O2S. The van der Waals surface area contributed by atoms with Crippen LogP contribution in [0.3, 0.4) is 0 Å². The van der Waals surface area contributed by atoms with Crippen LogP contribution in [-0.4, -0.2) is 31.0 Å². The molecule has 0 atom stereocenters. The summed E-state index contributed by atoms with van der Waals surface area (Å²) in [5.41, 5.74) is 3.03. The Morgan fingerprint density at radius 3 is 2.45 bits per heavy atom. The molecule has 33 heavy (non-hydrogen) atoms. The van der Waals surface area contributed by atoms with Crippen LogP contribution >= 0.6 is 11.3 Å². The monoisotopic (exact) mass is 464 g/mol. The highest BCUT2D eigenvalue weighted by molar-refractivity contribution is 7.11. The van der Waals surface area contributed by atoms with E-state index in [1.54, 1.807) is 7.11 Å². The van der Waals surface area contributed by atoms with E-state index in [9.17, 15) is 4.79 Å². The van der Waals surface area contributed by atoms with Crippen LogP contribution in [0.2, 0.25) is 0 Å². The summed E-state index contributed by atoms with van der Waals surface area (Å²) in [7, 11) is 1.67. The van der Waals surface area contributed by atoms with Gasteiger partial charge in [0.05, 0.1) is 7.11 Å². The first kappa shape index (κ1) is 25.0. The number of hydrogen-bond donors (Lipinski definition) is 1. The van der Waals surface area contributed by atoms with Crippen molar-refractivity contribution in [2.45, 2.75) is 46.7 Å². The van der Waals surface area contributed by atoms with Gasteiger partial charge >= 0.3 is 0 Å². The molecule has 0 radical (unpaired) electrons. The zero-order valence-electron chi connectivity index (χ0n) is 20.3. The summed E-state index contributed by atoms with van der Waals surface area (Å²) < 4.78 is 5.39. The number of carbonyl (C=O) groups is 1. The molecule has 0 aliphatic carbocycles. The van der Waals surface area contributed by atoms with E-state index in [1.807, 2.05) is 47.7 Å². The minimum Gasteiger partial charge on any atom is -0.496 e. The lowest BCUT2D eigenvalue weighted by atomic mass is 10.1. The number of rotatable bonds is 12. The minimum atomic E-state index is -0.0397. The molecule has 0 aliphatic heterocycles. The summed E-state index contributed by atoms with van der Waals surface area (Å²) in [5.74, 6) is 1.50. The third-order valence-electron chi connectivity index (χ3n) is 5.69. The van der Waals surface area contributed by atoms with E-state index in [4.69, 9.17) is 4.74 Å². The maximum absolute atomic E-state index is 12.6. The molecule has 0 aliphatic rings. The Kier molecular flexibility index (Phi) is 9.52. The molecular weight excluding hydrogens is 428 g/mol. The lowest BCUT2D eigenvalue weighted by Gasteiger charge is -2.23. The zero-order valence-corrected chi connectivity index (χ0v) is 21.1. The quantitative estimate of drug-likeness (QED) is 0.353. The Labute approximate surface area is 202 Å². The summed E-state index contributed by atoms with van der Waals surface area (Å²) in [6.45, 7) is 10.2. The standard InChI is InChI=1S/C28H36N2O2S/c1-21(2)16-18-30(20-26-14-9-22(3)33-26)19-23-10-12-25(13-11-23)28(31)29-17-15-24-7-5-6-8-27(24)32-4/h5-14,21H,15-20H2,1-4H3,(H,29,31). The molecule has 0 saturated heterocycles. The summed E-state index contributed by atoms with van der Waals surface area (Å²) in [6.07, 6.45) is 1.91. The van der Waals surface area contributed by atoms with Gasteiger partial charge in [-0.05, 0) is 73.7 Å². The number of amides is 1. The van der Waals surface area contributed by atoms with Crippen molar-refractivity contribution in [1.29, 1.82) is 0 Å². The maximum atomic E-state index is 12.6. The van der Waals surface area contributed by atoms with Gasteiger partial charge in [0, 0.05) is 35.0 Å². The third kappa shape index (κ3) is 8.02. The Bertz CT molecular complexity index is 1010. The lowest BCUT2D eigenvalue weighted by Crippen LogP contribution is -2.26. The zero-order chi connectivity index (χ0) is 23.6. The van der Waals surface area contributed by atoms with Gasteiger partial charge in [-0.15, -0.1) is 11.3 Å². The van der Waals surface area contributed by atoms with Gasteiger partial charge in [-0.3, -0.25) is 9.69 Å². The van der Waals surface area contributed by atoms with Gasteiger partial charge in [-0.25, -0.2) is 0 Å². The highest BCUT2D eigenvalue weighted by atomic mass is 32.1. The number of nitrogens with one attached hydrogen (secondary N) is 1. The highest BCUT2D eigenvalue weighted by Crippen LogP contribution is 2.20. The average Bonchev–Trinajstić information content (AvgIpc) is 3.22. The van der Waals surface area contributed by atoms with Crippen molar-refractivity contribution < 1.29 is 9.53 Å². The van der Waals surface area contributed by atoms with E-state index in [0.29, 0.717) is 18.0 Å². The van der Waals surface area contributed by atoms with Crippen LogP contribution in [-0.2, 0) is 19.5 Å². The fraction of sp³-hybridized carbons (Fsp3) is 0.393. The van der Waals surface area contributed by atoms with Crippen LogP contribution in [0.15, 0.2) is 60.7 Å². The largest absolute Gasteiger partial charge is 0.496 e. The molecule has 1 heterocycles. The minimum absolute atomic E-state index is 0.0397. The predicted molar refractivity (Wildman–Crippen MR) is 138 cm³/mol. The van der Waals surface area contributed by atoms with Gasteiger partial charge < -0.3 is 10.1 Å². The van der Waals surface area contributed by atoms with Crippen molar-refractivity contribution in [3.05, 3.63) is 87.1 Å². The van der Waals surface area contributed by atoms with E-state index < -0.39 is 0 Å². The van der Waals surface area contributed by atoms with Crippen LogP contribution in [0.1, 0.15) is 51.5 Å². The summed E-state index contributed by atoms with van der Waals surface area (Å²) in [5, 5.41) is 3.02. The van der Waals surface area contributed by atoms with Gasteiger partial charge in [0.2, 0.25) is 0 Å². The van der Waals surface area contributed by atoms with Crippen LogP contribution < -0.4 is 10.1 Å². The number of carbonyl (C=O) groups excluding carboxylic acids is 1. The molecule has 0 saturated carbocycles. The Morgan fingerprint density at radius 2 is 1.79 bits per heavy atom. The number of nitrogens with zero attached hydrogens (tertiary/aromatic N) is 1. The molecule has 176 valence electrons. The lowest BCUT2D eigenvalue weighted by molar-refractivity contribution is 0.0954. The van der Waals surface area contributed by atoms with Crippen LogP contribution in [0.25, 0.3) is 0 Å². The number of ether oxygens (including phenoxy) is 1. The molecule has 3 aromatic rings. The second-order valence-corrected chi connectivity index (χ2v) is 10.3. The van der Waals surface area contributed by atoms with E-state index >= 15 is 0 Å². The number of hydrogen-bond acceptors (Lipinski definition) is 4. The van der Waals surface area contributed by atoms with Crippen molar-refractivity contribution in [3.8, 4) is 5.75 Å². The molecule has 0 unspecified atom stereocenters. The van der Waals surface area contributed by atoms with Gasteiger partial charge in [-0.1, -0.05) is 44.2 Å². The second kappa shape index (κ2) is 12.6. The van der Waals surface area contributed by atoms with Crippen molar-refractivity contribution in [3.63, 3.8) is 0 Å². The van der Waals surface area contributed by atoms with Crippen LogP contribution in [0, 0.1) is 12.8 Å². The third-order valence-corrected chi connectivity index (χ3v) is 6.68. The summed E-state index contributed by atoms with van der Waals surface area (Å²) in [6, 6.07) is 20.4. The first-order chi connectivity index (χ1) is 15.9. The molecule has 0 spiro atoms. The topological polar surface area (TPSA) is 41.6 Å². The maximum Gasteiger partial charge on any atom is 0.251 e. The van der Waals surface area contributed by atoms with Crippen molar-refractivity contribution in [2.75, 3.05) is 20.2 Å². The number of thiophene rings is 1. The van der Waals surface area contributed by atoms with Crippen molar-refractivity contribution in [1.82, 2.24) is 10.2 Å². The smallest absolute Gasteiger partial charge is 0.251 e. The molecule has 1 aromatic heterocycles. The Hall–Kier alpha value is -2.63. The number of benzene rings is 2. The molecule has 0 bridgehead atoms. The molecule has 5 heteroatoms. The summed E-state index contributed by atoms with van der Waals surface area (Å²) in [4.78, 5) is 17.9. The fourth-order valence-electron chi connectivity index (χ4n) is 3.79. The van der Waals surface area contributed by atoms with Crippen molar-refractivity contribution >= 4 is 17.2 Å². The molecule has 1 N–H and O–H groups in total. The fourth-order valence-corrected chi connectivity index (χ4v) is 4.72. The molecule has 0 fully saturated rings. The molecule has 4 nitrogen and oxygen atoms in total. The van der Waals surface area contributed by atoms with Gasteiger partial charge in [-0.2, -0.15) is 0 Å². The van der Waals surface area contributed by atoms with E-state index in [0.717, 1.165) is 37.4 Å². The Balaban J connectivity index is 1.54. The predicted octanol–water partition coefficient (Wildman–Crippen LogP) is 6.09. The van der Waals surface area contributed by atoms with E-state index in [1.165, 1.54) is 21.7 Å². The highest BCUT2D eigenvalue weighted by Gasteiger charge is 2.11. The van der Waals surface area contributed by atoms with E-state index in [-0.39, 0.29) is 5.91 Å². The molecule has 1 amide bonds. The second-order valence-electron chi connectivity index (χ2n) is 8.92. The van der Waals surface area contributed by atoms with Gasteiger partial charge in [0.1, 0.15) is 5.75 Å². The summed E-state index contributed by atoms with van der Waals surface area (Å²) >= 11 is 1.87. The molecule has 2 aromatic carbocycles. The van der Waals surface area contributed by atoms with Gasteiger partial charge in [0.15, 0.2) is 0 Å². The average molecular weight is 465 g/mol. The Morgan fingerprint density at radius 1 is 1.03 bits per heavy atom.